The van der Waals surface area contributed by atoms with Crippen molar-refractivity contribution in [3.05, 3.63) is 60.2 Å². The van der Waals surface area contributed by atoms with Gasteiger partial charge in [0.15, 0.2) is 0 Å². The number of anilines is 1. The molecule has 0 atom stereocenters. The summed E-state index contributed by atoms with van der Waals surface area (Å²) in [5, 5.41) is 2.67. The van der Waals surface area contributed by atoms with Crippen LogP contribution in [0.25, 0.3) is 0 Å². The molecule has 2 aromatic rings. The summed E-state index contributed by atoms with van der Waals surface area (Å²) in [6.07, 6.45) is 0. The van der Waals surface area contributed by atoms with E-state index in [1.807, 2.05) is 30.3 Å². The highest BCUT2D eigenvalue weighted by atomic mass is 16.5. The van der Waals surface area contributed by atoms with E-state index in [0.717, 1.165) is 5.56 Å². The summed E-state index contributed by atoms with van der Waals surface area (Å²) in [4.78, 5) is 11.5. The molecule has 0 saturated heterocycles. The second-order valence-corrected chi connectivity index (χ2v) is 4.29. The van der Waals surface area contributed by atoms with Crippen molar-refractivity contribution in [1.82, 2.24) is 5.32 Å². The molecule has 21 heavy (non-hydrogen) atoms. The Bertz CT molecular complexity index is 640. The number of benzene rings is 2. The fourth-order valence-corrected chi connectivity index (χ4v) is 1.59. The van der Waals surface area contributed by atoms with Crippen LogP contribution in [0.4, 0.5) is 5.69 Å². The van der Waals surface area contributed by atoms with Gasteiger partial charge < -0.3 is 15.8 Å². The van der Waals surface area contributed by atoms with Gasteiger partial charge in [-0.1, -0.05) is 24.1 Å². The van der Waals surface area contributed by atoms with Gasteiger partial charge in [0.1, 0.15) is 12.4 Å². The molecular weight excluding hydrogens is 264 g/mol. The highest BCUT2D eigenvalue weighted by molar-refractivity contribution is 5.94. The molecule has 3 N–H and O–H groups in total. The Kier molecular flexibility index (Phi) is 5.25. The topological polar surface area (TPSA) is 64.3 Å². The molecule has 0 bridgehead atoms. The molecule has 0 aliphatic heterocycles. The molecule has 0 spiro atoms. The first kappa shape index (κ1) is 14.5. The molecule has 4 heteroatoms. The van der Waals surface area contributed by atoms with E-state index in [0.29, 0.717) is 24.6 Å². The number of rotatable bonds is 4. The lowest BCUT2D eigenvalue weighted by Crippen LogP contribution is -2.26. The van der Waals surface area contributed by atoms with Gasteiger partial charge in [0.25, 0.3) is 5.91 Å². The largest absolute Gasteiger partial charge is 0.492 e. The number of hydrogen-bond donors (Lipinski definition) is 2. The molecule has 2 rings (SSSR count). The third kappa shape index (κ3) is 5.29. The molecule has 0 aromatic heterocycles. The average Bonchev–Trinajstić information content (AvgIpc) is 2.52. The summed E-state index contributed by atoms with van der Waals surface area (Å²) in [5.74, 6) is 5.72. The first-order valence-corrected chi connectivity index (χ1v) is 6.57. The van der Waals surface area contributed by atoms with Crippen LogP contribution in [0.15, 0.2) is 54.6 Å². The molecule has 0 aliphatic carbocycles. The number of nitrogens with two attached hydrogens (primary N) is 1. The van der Waals surface area contributed by atoms with E-state index in [-0.39, 0.29) is 5.91 Å². The molecule has 0 saturated carbocycles. The summed E-state index contributed by atoms with van der Waals surface area (Å²) in [7, 11) is 0. The molecule has 106 valence electrons. The zero-order valence-corrected chi connectivity index (χ0v) is 11.5. The van der Waals surface area contributed by atoms with Crippen molar-refractivity contribution in [2.24, 2.45) is 0 Å². The number of carbonyl (C=O) groups is 1. The van der Waals surface area contributed by atoms with Gasteiger partial charge in [0.05, 0.1) is 6.54 Å². The molecule has 1 amide bonds. The molecule has 2 aromatic carbocycles. The predicted octanol–water partition coefficient (Wildman–Crippen LogP) is 1.82. The van der Waals surface area contributed by atoms with Crippen LogP contribution >= 0.6 is 0 Å². The summed E-state index contributed by atoms with van der Waals surface area (Å²) < 4.78 is 5.46. The van der Waals surface area contributed by atoms with Crippen molar-refractivity contribution in [2.75, 3.05) is 18.9 Å². The number of nitrogen functional groups attached to an aromatic ring is 1. The maximum absolute atomic E-state index is 11.5. The van der Waals surface area contributed by atoms with Crippen molar-refractivity contribution < 1.29 is 9.53 Å². The first-order valence-electron chi connectivity index (χ1n) is 6.57. The zero-order valence-electron chi connectivity index (χ0n) is 11.5. The number of ether oxygens (including phenoxy) is 1. The van der Waals surface area contributed by atoms with E-state index >= 15 is 0 Å². The Morgan fingerprint density at radius 3 is 2.52 bits per heavy atom. The highest BCUT2D eigenvalue weighted by Gasteiger charge is 1.96. The van der Waals surface area contributed by atoms with Crippen LogP contribution in [0.5, 0.6) is 5.75 Å². The molecular formula is C17H16N2O2. The summed E-state index contributed by atoms with van der Waals surface area (Å²) in [6, 6.07) is 16.5. The number of hydrogen-bond acceptors (Lipinski definition) is 3. The van der Waals surface area contributed by atoms with E-state index in [4.69, 9.17) is 10.5 Å². The smallest absolute Gasteiger partial charge is 0.296 e. The molecule has 0 aliphatic rings. The Morgan fingerprint density at radius 1 is 1.10 bits per heavy atom. The van der Waals surface area contributed by atoms with Gasteiger partial charge in [-0.3, -0.25) is 4.79 Å². The molecule has 0 radical (unpaired) electrons. The minimum Gasteiger partial charge on any atom is -0.492 e. The van der Waals surface area contributed by atoms with E-state index in [1.165, 1.54) is 0 Å². The van der Waals surface area contributed by atoms with Gasteiger partial charge in [0.2, 0.25) is 0 Å². The Hall–Kier alpha value is -2.93. The minimum absolute atomic E-state index is 0.320. The summed E-state index contributed by atoms with van der Waals surface area (Å²) >= 11 is 0. The third-order valence-electron chi connectivity index (χ3n) is 2.63. The Balaban J connectivity index is 1.70. The van der Waals surface area contributed by atoms with Gasteiger partial charge in [-0.25, -0.2) is 0 Å². The van der Waals surface area contributed by atoms with Gasteiger partial charge in [-0.05, 0) is 36.4 Å². The van der Waals surface area contributed by atoms with Crippen LogP contribution in [0, 0.1) is 11.8 Å². The maximum atomic E-state index is 11.5. The minimum atomic E-state index is -0.320. The van der Waals surface area contributed by atoms with Crippen LogP contribution in [0.2, 0.25) is 0 Å². The highest BCUT2D eigenvalue weighted by Crippen LogP contribution is 2.12. The third-order valence-corrected chi connectivity index (χ3v) is 2.63. The van der Waals surface area contributed by atoms with Gasteiger partial charge >= 0.3 is 0 Å². The van der Waals surface area contributed by atoms with E-state index in [2.05, 4.69) is 17.2 Å². The Labute approximate surface area is 123 Å². The van der Waals surface area contributed by atoms with E-state index in [1.54, 1.807) is 24.3 Å². The lowest BCUT2D eigenvalue weighted by molar-refractivity contribution is -0.115. The Morgan fingerprint density at radius 2 is 1.81 bits per heavy atom. The molecule has 0 fully saturated rings. The summed E-state index contributed by atoms with van der Waals surface area (Å²) in [5.41, 5.74) is 7.07. The SMILES string of the molecule is Nc1ccc(OCCNC(=O)C#Cc2ccccc2)cc1. The van der Waals surface area contributed by atoms with Gasteiger partial charge in [0, 0.05) is 17.2 Å². The van der Waals surface area contributed by atoms with Crippen molar-refractivity contribution in [1.29, 1.82) is 0 Å². The first-order chi connectivity index (χ1) is 10.2. The van der Waals surface area contributed by atoms with Crippen LogP contribution in [0.3, 0.4) is 0 Å². The summed E-state index contributed by atoms with van der Waals surface area (Å²) in [6.45, 7) is 0.773. The van der Waals surface area contributed by atoms with E-state index < -0.39 is 0 Å². The zero-order chi connectivity index (χ0) is 14.9. The number of carbonyl (C=O) groups excluding carboxylic acids is 1. The van der Waals surface area contributed by atoms with Crippen LogP contribution in [-0.2, 0) is 4.79 Å². The fourth-order valence-electron chi connectivity index (χ4n) is 1.59. The lowest BCUT2D eigenvalue weighted by atomic mass is 10.2. The molecule has 4 nitrogen and oxygen atoms in total. The van der Waals surface area contributed by atoms with E-state index in [9.17, 15) is 4.79 Å². The predicted molar refractivity (Wildman–Crippen MR) is 82.7 cm³/mol. The quantitative estimate of drug-likeness (QED) is 0.510. The molecule has 0 heterocycles. The van der Waals surface area contributed by atoms with Crippen molar-refractivity contribution in [3.63, 3.8) is 0 Å². The second-order valence-electron chi connectivity index (χ2n) is 4.29. The average molecular weight is 280 g/mol. The molecule has 0 unspecified atom stereocenters. The second kappa shape index (κ2) is 7.61. The van der Waals surface area contributed by atoms with Crippen molar-refractivity contribution >= 4 is 11.6 Å². The van der Waals surface area contributed by atoms with Gasteiger partial charge in [-0.15, -0.1) is 0 Å². The van der Waals surface area contributed by atoms with Crippen molar-refractivity contribution in [3.8, 4) is 17.6 Å². The number of amides is 1. The van der Waals surface area contributed by atoms with Crippen molar-refractivity contribution in [2.45, 2.75) is 0 Å². The standard InChI is InChI=1S/C17H16N2O2/c18-15-7-9-16(10-8-15)21-13-12-19-17(20)11-6-14-4-2-1-3-5-14/h1-5,7-10H,12-13,18H2,(H,19,20). The lowest BCUT2D eigenvalue weighted by Gasteiger charge is -2.06. The normalized spacial score (nSPS) is 9.33. The maximum Gasteiger partial charge on any atom is 0.296 e. The fraction of sp³-hybridized carbons (Fsp3) is 0.118. The van der Waals surface area contributed by atoms with Crippen LogP contribution in [0.1, 0.15) is 5.56 Å². The van der Waals surface area contributed by atoms with Crippen LogP contribution in [-0.4, -0.2) is 19.1 Å². The monoisotopic (exact) mass is 280 g/mol. The van der Waals surface area contributed by atoms with Gasteiger partial charge in [-0.2, -0.15) is 0 Å². The number of nitrogens with one attached hydrogen (secondary N) is 1. The van der Waals surface area contributed by atoms with Crippen LogP contribution < -0.4 is 15.8 Å².